The molecule has 1 aliphatic heterocycles. The number of hydrogen-bond acceptors (Lipinski definition) is 3. The number of hydrogen-bond donors (Lipinski definition) is 2. The maximum atomic E-state index is 11.8. The Morgan fingerprint density at radius 1 is 1.25 bits per heavy atom. The van der Waals surface area contributed by atoms with Crippen molar-refractivity contribution in [2.24, 2.45) is 5.92 Å². The summed E-state index contributed by atoms with van der Waals surface area (Å²) in [6.45, 7) is 2.72. The second-order valence-electron chi connectivity index (χ2n) is 6.53. The molecule has 2 unspecified atom stereocenters. The molecule has 1 aliphatic carbocycles. The van der Waals surface area contributed by atoms with Crippen molar-refractivity contribution in [3.05, 3.63) is 0 Å². The lowest BCUT2D eigenvalue weighted by Gasteiger charge is -2.35. The number of rotatable bonds is 3. The van der Waals surface area contributed by atoms with E-state index in [0.29, 0.717) is 12.0 Å². The number of aliphatic hydroxyl groups is 1. The average molecular weight is 283 g/mol. The molecule has 116 valence electrons. The number of piperidine rings is 1. The Hall–Kier alpha value is -0.810. The van der Waals surface area contributed by atoms with Crippen LogP contribution in [0, 0.1) is 5.92 Å². The first kappa shape index (κ1) is 15.6. The number of carbonyl (C=O) groups is 1. The second kappa shape index (κ2) is 7.27. The highest BCUT2D eigenvalue weighted by Gasteiger charge is 2.25. The molecule has 2 N–H and O–H groups in total. The van der Waals surface area contributed by atoms with E-state index in [1.807, 2.05) is 4.90 Å². The van der Waals surface area contributed by atoms with E-state index in [0.717, 1.165) is 51.7 Å². The van der Waals surface area contributed by atoms with Gasteiger partial charge in [-0.25, -0.2) is 4.79 Å². The summed E-state index contributed by atoms with van der Waals surface area (Å²) in [5.41, 5.74) is 0. The van der Waals surface area contributed by atoms with Crippen molar-refractivity contribution in [2.75, 3.05) is 33.7 Å². The van der Waals surface area contributed by atoms with Crippen molar-refractivity contribution in [3.63, 3.8) is 0 Å². The molecule has 1 saturated carbocycles. The Balaban J connectivity index is 1.65. The molecule has 0 bridgehead atoms. The first-order valence-electron chi connectivity index (χ1n) is 7.94. The molecule has 0 aromatic rings. The molecule has 1 saturated heterocycles. The molecule has 2 rings (SSSR count). The summed E-state index contributed by atoms with van der Waals surface area (Å²) in [4.78, 5) is 15.4. The number of amides is 2. The van der Waals surface area contributed by atoms with E-state index in [9.17, 15) is 9.90 Å². The molecule has 2 amide bonds. The van der Waals surface area contributed by atoms with Crippen LogP contribution in [0.1, 0.15) is 38.5 Å². The zero-order valence-electron chi connectivity index (χ0n) is 12.8. The van der Waals surface area contributed by atoms with Crippen LogP contribution in [0.5, 0.6) is 0 Å². The first-order valence-corrected chi connectivity index (χ1v) is 7.94. The summed E-state index contributed by atoms with van der Waals surface area (Å²) in [5.74, 6) is 0.625. The molecule has 5 nitrogen and oxygen atoms in total. The summed E-state index contributed by atoms with van der Waals surface area (Å²) < 4.78 is 0. The average Bonchev–Trinajstić information content (AvgIpc) is 2.45. The SMILES string of the molecule is CN(C)C(=O)N1CCC(NCC2CCCC(O)C2)CC1. The zero-order chi connectivity index (χ0) is 14.5. The molecule has 2 atom stereocenters. The molecule has 2 fully saturated rings. The largest absolute Gasteiger partial charge is 0.393 e. The molecule has 20 heavy (non-hydrogen) atoms. The van der Waals surface area contributed by atoms with Gasteiger partial charge in [-0.2, -0.15) is 0 Å². The van der Waals surface area contributed by atoms with Gasteiger partial charge in [0.15, 0.2) is 0 Å². The van der Waals surface area contributed by atoms with Crippen LogP contribution >= 0.6 is 0 Å². The summed E-state index contributed by atoms with van der Waals surface area (Å²) in [6, 6.07) is 0.652. The highest BCUT2D eigenvalue weighted by atomic mass is 16.3. The lowest BCUT2D eigenvalue weighted by atomic mass is 9.87. The van der Waals surface area contributed by atoms with Gasteiger partial charge in [0.1, 0.15) is 0 Å². The predicted octanol–water partition coefficient (Wildman–Crippen LogP) is 1.27. The summed E-state index contributed by atoms with van der Waals surface area (Å²) in [5, 5.41) is 13.3. The third-order valence-electron chi connectivity index (χ3n) is 4.60. The van der Waals surface area contributed by atoms with Gasteiger partial charge in [-0.15, -0.1) is 0 Å². The quantitative estimate of drug-likeness (QED) is 0.820. The van der Waals surface area contributed by atoms with E-state index in [2.05, 4.69) is 5.32 Å². The van der Waals surface area contributed by atoms with Gasteiger partial charge < -0.3 is 20.2 Å². The minimum atomic E-state index is -0.0879. The van der Waals surface area contributed by atoms with Gasteiger partial charge in [-0.05, 0) is 44.6 Å². The van der Waals surface area contributed by atoms with Crippen LogP contribution in [0.25, 0.3) is 0 Å². The standard InChI is InChI=1S/C15H29N3O2/c1-17(2)15(20)18-8-6-13(7-9-18)16-11-12-4-3-5-14(19)10-12/h12-14,16,19H,3-11H2,1-2H3. The van der Waals surface area contributed by atoms with Gasteiger partial charge in [0.05, 0.1) is 6.10 Å². The fourth-order valence-corrected chi connectivity index (χ4v) is 3.34. The molecule has 0 aromatic carbocycles. The number of aliphatic hydroxyl groups excluding tert-OH is 1. The van der Waals surface area contributed by atoms with Crippen LogP contribution in [-0.4, -0.2) is 66.8 Å². The molecular weight excluding hydrogens is 254 g/mol. The van der Waals surface area contributed by atoms with Crippen molar-refractivity contribution in [2.45, 2.75) is 50.7 Å². The highest BCUT2D eigenvalue weighted by Crippen LogP contribution is 2.24. The van der Waals surface area contributed by atoms with Gasteiger partial charge in [0.2, 0.25) is 0 Å². The molecular formula is C15H29N3O2. The Morgan fingerprint density at radius 2 is 1.95 bits per heavy atom. The van der Waals surface area contributed by atoms with Crippen LogP contribution in [0.3, 0.4) is 0 Å². The van der Waals surface area contributed by atoms with Crippen molar-refractivity contribution < 1.29 is 9.90 Å². The lowest BCUT2D eigenvalue weighted by Crippen LogP contribution is -2.48. The normalized spacial score (nSPS) is 28.4. The molecule has 0 radical (unpaired) electrons. The molecule has 0 aromatic heterocycles. The monoisotopic (exact) mass is 283 g/mol. The van der Waals surface area contributed by atoms with Crippen molar-refractivity contribution >= 4 is 6.03 Å². The number of carbonyl (C=O) groups excluding carboxylic acids is 1. The van der Waals surface area contributed by atoms with E-state index >= 15 is 0 Å². The fourth-order valence-electron chi connectivity index (χ4n) is 3.34. The summed E-state index contributed by atoms with van der Waals surface area (Å²) in [6.07, 6.45) is 6.30. The topological polar surface area (TPSA) is 55.8 Å². The second-order valence-corrected chi connectivity index (χ2v) is 6.53. The van der Waals surface area contributed by atoms with Gasteiger partial charge in [-0.3, -0.25) is 0 Å². The minimum absolute atomic E-state index is 0.0879. The van der Waals surface area contributed by atoms with E-state index in [-0.39, 0.29) is 12.1 Å². The summed E-state index contributed by atoms with van der Waals surface area (Å²) in [7, 11) is 3.61. The number of nitrogens with zero attached hydrogens (tertiary/aromatic N) is 2. The lowest BCUT2D eigenvalue weighted by molar-refractivity contribution is 0.0976. The Morgan fingerprint density at radius 3 is 2.55 bits per heavy atom. The summed E-state index contributed by atoms with van der Waals surface area (Å²) >= 11 is 0. The molecule has 5 heteroatoms. The van der Waals surface area contributed by atoms with Crippen molar-refractivity contribution in [3.8, 4) is 0 Å². The molecule has 0 spiro atoms. The van der Waals surface area contributed by atoms with Crippen LogP contribution in [0.15, 0.2) is 0 Å². The molecule has 2 aliphatic rings. The third-order valence-corrected chi connectivity index (χ3v) is 4.60. The molecule has 1 heterocycles. The number of likely N-dealkylation sites (tertiary alicyclic amines) is 1. The van der Waals surface area contributed by atoms with E-state index in [1.54, 1.807) is 19.0 Å². The first-order chi connectivity index (χ1) is 9.56. The zero-order valence-corrected chi connectivity index (χ0v) is 12.8. The number of urea groups is 1. The van der Waals surface area contributed by atoms with Gasteiger partial charge in [0.25, 0.3) is 0 Å². The Kier molecular flexibility index (Phi) is 5.66. The Bertz CT molecular complexity index is 314. The third kappa shape index (κ3) is 4.35. The van der Waals surface area contributed by atoms with Crippen LogP contribution in [-0.2, 0) is 0 Å². The van der Waals surface area contributed by atoms with Crippen LogP contribution in [0.2, 0.25) is 0 Å². The smallest absolute Gasteiger partial charge is 0.319 e. The Labute approximate surface area is 122 Å². The van der Waals surface area contributed by atoms with Gasteiger partial charge in [-0.1, -0.05) is 6.42 Å². The predicted molar refractivity (Wildman–Crippen MR) is 79.6 cm³/mol. The van der Waals surface area contributed by atoms with Crippen LogP contribution in [0.4, 0.5) is 4.79 Å². The van der Waals surface area contributed by atoms with Gasteiger partial charge in [0, 0.05) is 33.2 Å². The minimum Gasteiger partial charge on any atom is -0.393 e. The van der Waals surface area contributed by atoms with Crippen molar-refractivity contribution in [1.82, 2.24) is 15.1 Å². The van der Waals surface area contributed by atoms with Gasteiger partial charge >= 0.3 is 6.03 Å². The highest BCUT2D eigenvalue weighted by molar-refractivity contribution is 5.73. The van der Waals surface area contributed by atoms with E-state index in [1.165, 1.54) is 6.42 Å². The maximum absolute atomic E-state index is 11.8. The van der Waals surface area contributed by atoms with Crippen LogP contribution < -0.4 is 5.32 Å². The van der Waals surface area contributed by atoms with Crippen molar-refractivity contribution in [1.29, 1.82) is 0 Å². The fraction of sp³-hybridized carbons (Fsp3) is 0.933. The maximum Gasteiger partial charge on any atom is 0.319 e. The van der Waals surface area contributed by atoms with E-state index < -0.39 is 0 Å². The number of nitrogens with one attached hydrogen (secondary N) is 1. The van der Waals surface area contributed by atoms with E-state index in [4.69, 9.17) is 0 Å².